The summed E-state index contributed by atoms with van der Waals surface area (Å²) in [6, 6.07) is 3.44. The average Bonchev–Trinajstić information content (AvgIpc) is 3.41. The number of benzene rings is 1. The zero-order valence-corrected chi connectivity index (χ0v) is 39.5. The average molecular weight is 1110 g/mol. The van der Waals surface area contributed by atoms with Gasteiger partial charge in [0.2, 0.25) is 5.79 Å². The molecule has 0 saturated carbocycles. The zero-order valence-electron chi connectivity index (χ0n) is 39.5. The number of hydrogen-bond acceptors (Lipinski definition) is 33. The van der Waals surface area contributed by atoms with Crippen LogP contribution in [0.15, 0.2) is 24.3 Å². The molecule has 1 aromatic carbocycles. The Bertz CT molecular complexity index is 1990. The summed E-state index contributed by atoms with van der Waals surface area (Å²) >= 11 is 0. The Labute approximate surface area is 427 Å². The van der Waals surface area contributed by atoms with E-state index in [0.29, 0.717) is 0 Å². The molecule has 20 N–H and O–H groups in total. The molecule has 6 saturated heterocycles. The fraction of sp³-hybridized carbons (Fsp3) is 0.857. The van der Waals surface area contributed by atoms with Crippen molar-refractivity contribution in [2.45, 2.75) is 184 Å². The van der Waals surface area contributed by atoms with E-state index in [-0.39, 0.29) is 0 Å². The molecule has 0 amide bonds. The number of nitrogens with zero attached hydrogens (tertiary/aromatic N) is 1. The van der Waals surface area contributed by atoms with Gasteiger partial charge in [-0.1, -0.05) is 0 Å². The SMILES string of the molecule is O=[N+]([O-])c1ccc([C@]2(O[C@H]3O[C@H](CO)[C@@H](O)[C@H](O)[C@H]3O)O[C@H](CO[C@H]3O[C@H](CO)[C@@H](O)[C@H](O)[C@H]3O)[C@@H](O[C@H]3O[C@H](CO)[C@@H](O)[C@H](O)[C@H]3O)[C@H](O[C@H]3O[C@H](CO)[C@@H](O)[C@H](O)[C@H]3O)[C@H]2O[C@H]2O[C@H](CO)[C@@H](O)[C@H](O)[C@H]2O)cc1. The first-order valence-corrected chi connectivity index (χ1v) is 23.7. The molecular weight excluding hydrogens is 1050 g/mol. The molecule has 76 heavy (non-hydrogen) atoms. The van der Waals surface area contributed by atoms with E-state index in [2.05, 4.69) is 0 Å². The predicted molar refractivity (Wildman–Crippen MR) is 230 cm³/mol. The van der Waals surface area contributed by atoms with Gasteiger partial charge in [0.15, 0.2) is 31.5 Å². The Morgan fingerprint density at radius 2 is 0.750 bits per heavy atom. The predicted octanol–water partition coefficient (Wildman–Crippen LogP) is -12.7. The maximum atomic E-state index is 12.1. The van der Waals surface area contributed by atoms with E-state index < -0.39 is 240 Å². The van der Waals surface area contributed by atoms with Gasteiger partial charge in [0.1, 0.15) is 146 Å². The molecule has 34 heteroatoms. The summed E-state index contributed by atoms with van der Waals surface area (Å²) in [4.78, 5) is 11.2. The molecule has 0 radical (unpaired) electrons. The van der Waals surface area contributed by atoms with Crippen molar-refractivity contribution in [2.24, 2.45) is 0 Å². The van der Waals surface area contributed by atoms with Crippen LogP contribution in [0.1, 0.15) is 5.56 Å². The van der Waals surface area contributed by atoms with Crippen LogP contribution in [0.4, 0.5) is 5.69 Å². The summed E-state index contributed by atoms with van der Waals surface area (Å²) in [5.74, 6) is -3.25. The lowest BCUT2D eigenvalue weighted by Gasteiger charge is -2.56. The van der Waals surface area contributed by atoms with Gasteiger partial charge in [-0.25, -0.2) is 0 Å². The highest BCUT2D eigenvalue weighted by atomic mass is 16.8. The number of nitro groups is 1. The van der Waals surface area contributed by atoms with Gasteiger partial charge in [-0.15, -0.1) is 0 Å². The van der Waals surface area contributed by atoms with Crippen molar-refractivity contribution in [2.75, 3.05) is 39.6 Å². The van der Waals surface area contributed by atoms with Crippen molar-refractivity contribution in [3.8, 4) is 0 Å². The zero-order chi connectivity index (χ0) is 55.8. The van der Waals surface area contributed by atoms with Gasteiger partial charge in [0.05, 0.1) is 44.6 Å². The van der Waals surface area contributed by atoms with Gasteiger partial charge in [-0.2, -0.15) is 0 Å². The third-order valence-corrected chi connectivity index (χ3v) is 14.0. The Morgan fingerprint density at radius 1 is 0.421 bits per heavy atom. The lowest BCUT2D eigenvalue weighted by atomic mass is 9.86. The van der Waals surface area contributed by atoms with E-state index >= 15 is 0 Å². The largest absolute Gasteiger partial charge is 0.394 e. The maximum Gasteiger partial charge on any atom is 0.269 e. The minimum absolute atomic E-state index is 0.559. The number of aliphatic hydroxyl groups excluding tert-OH is 20. The molecule has 30 atom stereocenters. The fourth-order valence-corrected chi connectivity index (χ4v) is 9.51. The van der Waals surface area contributed by atoms with Crippen molar-refractivity contribution in [1.82, 2.24) is 0 Å². The van der Waals surface area contributed by atoms with Crippen LogP contribution in [0.5, 0.6) is 0 Å². The molecule has 0 bridgehead atoms. The van der Waals surface area contributed by atoms with Crippen LogP contribution in [-0.2, 0) is 57.9 Å². The smallest absolute Gasteiger partial charge is 0.269 e. The van der Waals surface area contributed by atoms with Crippen LogP contribution < -0.4 is 0 Å². The second-order valence-electron chi connectivity index (χ2n) is 18.8. The second kappa shape index (κ2) is 25.4. The summed E-state index contributed by atoms with van der Waals surface area (Å²) in [7, 11) is 0. The highest BCUT2D eigenvalue weighted by Crippen LogP contribution is 2.48. The van der Waals surface area contributed by atoms with E-state index in [0.717, 1.165) is 24.3 Å². The number of rotatable bonds is 18. The third-order valence-electron chi connectivity index (χ3n) is 14.0. The number of non-ortho nitro benzene ring substituents is 1. The van der Waals surface area contributed by atoms with Gasteiger partial charge >= 0.3 is 0 Å². The number of ether oxygens (including phenoxy) is 11. The number of hydrogen-bond donors (Lipinski definition) is 20. The van der Waals surface area contributed by atoms with Crippen molar-refractivity contribution in [3.05, 3.63) is 39.9 Å². The first kappa shape index (κ1) is 61.0. The highest BCUT2D eigenvalue weighted by Gasteiger charge is 2.65. The van der Waals surface area contributed by atoms with Crippen molar-refractivity contribution in [3.63, 3.8) is 0 Å². The first-order chi connectivity index (χ1) is 36.0. The van der Waals surface area contributed by atoms with E-state index in [4.69, 9.17) is 52.1 Å². The highest BCUT2D eigenvalue weighted by molar-refractivity contribution is 5.36. The van der Waals surface area contributed by atoms with Gasteiger partial charge < -0.3 is 154 Å². The van der Waals surface area contributed by atoms with E-state index in [9.17, 15) is 112 Å². The van der Waals surface area contributed by atoms with E-state index in [1.807, 2.05) is 0 Å². The second-order valence-corrected chi connectivity index (χ2v) is 18.8. The van der Waals surface area contributed by atoms with Crippen molar-refractivity contribution < 1.29 is 159 Å². The Balaban J connectivity index is 1.50. The van der Waals surface area contributed by atoms with Crippen molar-refractivity contribution >= 4 is 5.69 Å². The summed E-state index contributed by atoms with van der Waals surface area (Å²) in [5.41, 5.74) is -1.20. The third kappa shape index (κ3) is 11.9. The van der Waals surface area contributed by atoms with Crippen LogP contribution in [0.3, 0.4) is 0 Å². The number of nitro benzene ring substituents is 1. The molecule has 6 fully saturated rings. The summed E-state index contributed by atoms with van der Waals surface area (Å²) in [6.07, 6.45) is -63.2. The summed E-state index contributed by atoms with van der Waals surface area (Å²) in [5, 5.41) is 228. The fourth-order valence-electron chi connectivity index (χ4n) is 9.51. The number of aliphatic hydroxyl groups is 20. The molecule has 34 nitrogen and oxygen atoms in total. The normalized spacial score (nSPS) is 49.3. The topological polar surface area (TPSA) is 549 Å². The van der Waals surface area contributed by atoms with Crippen LogP contribution in [0, 0.1) is 10.1 Å². The van der Waals surface area contributed by atoms with Crippen LogP contribution in [0.2, 0.25) is 0 Å². The van der Waals surface area contributed by atoms with Crippen molar-refractivity contribution in [1.29, 1.82) is 0 Å². The molecule has 6 heterocycles. The standard InChI is InChI=1S/C42H65NO33/c44-5-13-19(49)24(54)29(59)37(67-13)66-10-18-34(72-38-30(60)25(55)20(50)14(6-45)68-38)35(73-39-31(61)26(56)21(51)15(7-46)69-39)36(74-40-32(62)27(57)22(52)16(8-47)70-40)42(75-18,11-1-3-12(4-2-11)43(64)65)76-41-33(63)28(58)23(53)17(9-48)71-41/h1-4,13-41,44-63H,5-10H2/t13-,14-,15-,16-,17-,18-,19-,20-,21-,22-,23-,24+,25+,26+,27+,28+,29-,30-,31-,32-,33-,34-,35+,36-,37+,38-,39-,40-,41-,42-/m1/s1. The maximum absolute atomic E-state index is 12.1. The summed E-state index contributed by atoms with van der Waals surface area (Å²) < 4.78 is 66.3. The molecule has 0 aliphatic carbocycles. The Hall–Kier alpha value is -2.62. The monoisotopic (exact) mass is 1110 g/mol. The van der Waals surface area contributed by atoms with Gasteiger partial charge in [0.25, 0.3) is 5.69 Å². The lowest BCUT2D eigenvalue weighted by molar-refractivity contribution is -0.468. The quantitative estimate of drug-likeness (QED) is 0.0479. The molecule has 0 aromatic heterocycles. The molecule has 7 rings (SSSR count). The lowest BCUT2D eigenvalue weighted by Crippen LogP contribution is -2.73. The van der Waals surface area contributed by atoms with Gasteiger partial charge in [-0.05, 0) is 12.1 Å². The Kier molecular flexibility index (Phi) is 20.4. The minimum Gasteiger partial charge on any atom is -0.394 e. The molecule has 0 unspecified atom stereocenters. The molecule has 1 aromatic rings. The molecule has 0 spiro atoms. The van der Waals surface area contributed by atoms with Crippen LogP contribution in [-0.4, -0.2) is 325 Å². The summed E-state index contributed by atoms with van der Waals surface area (Å²) in [6.45, 7) is -6.56. The van der Waals surface area contributed by atoms with E-state index in [1.165, 1.54) is 0 Å². The molecule has 6 aliphatic rings. The van der Waals surface area contributed by atoms with Gasteiger partial charge in [0, 0.05) is 17.7 Å². The van der Waals surface area contributed by atoms with Gasteiger partial charge in [-0.3, -0.25) is 10.1 Å². The first-order valence-electron chi connectivity index (χ1n) is 23.7. The molecule has 6 aliphatic heterocycles. The molecule has 436 valence electrons. The van der Waals surface area contributed by atoms with Crippen LogP contribution >= 0.6 is 0 Å². The molecular formula is C42H65NO33. The minimum atomic E-state index is -3.25. The Morgan fingerprint density at radius 3 is 1.13 bits per heavy atom. The van der Waals surface area contributed by atoms with Crippen LogP contribution in [0.25, 0.3) is 0 Å². The van der Waals surface area contributed by atoms with E-state index in [1.54, 1.807) is 0 Å².